The topological polar surface area (TPSA) is 55.8 Å². The monoisotopic (exact) mass is 377 g/mol. The Bertz CT molecular complexity index is 588. The van der Waals surface area contributed by atoms with Crippen LogP contribution < -0.4 is 5.32 Å². The quantitative estimate of drug-likeness (QED) is 0.801. The van der Waals surface area contributed by atoms with E-state index >= 15 is 0 Å². The molecule has 2 heterocycles. The van der Waals surface area contributed by atoms with Gasteiger partial charge in [0.1, 0.15) is 5.82 Å². The Morgan fingerprint density at radius 1 is 1.11 bits per heavy atom. The number of piperidine rings is 2. The van der Waals surface area contributed by atoms with Crippen LogP contribution in [0.1, 0.15) is 31.2 Å². The SMILES string of the molecule is O=C(NCCN1CCCC(CO)C1)N1CCC(Cc2ccc(F)cc2)CC1. The maximum Gasteiger partial charge on any atom is 0.317 e. The van der Waals surface area contributed by atoms with Crippen molar-refractivity contribution >= 4 is 6.03 Å². The molecule has 0 aliphatic carbocycles. The largest absolute Gasteiger partial charge is 0.396 e. The minimum atomic E-state index is -0.193. The van der Waals surface area contributed by atoms with Crippen molar-refractivity contribution in [1.29, 1.82) is 0 Å². The van der Waals surface area contributed by atoms with E-state index in [4.69, 9.17) is 0 Å². The molecule has 1 aromatic rings. The number of aliphatic hydroxyl groups excluding tert-OH is 1. The van der Waals surface area contributed by atoms with Gasteiger partial charge >= 0.3 is 6.03 Å². The summed E-state index contributed by atoms with van der Waals surface area (Å²) in [6.07, 6.45) is 5.17. The van der Waals surface area contributed by atoms with Crippen LogP contribution in [0.2, 0.25) is 0 Å². The third-order valence-electron chi connectivity index (χ3n) is 5.90. The van der Waals surface area contributed by atoms with Crippen molar-refractivity contribution in [2.45, 2.75) is 32.1 Å². The lowest BCUT2D eigenvalue weighted by Crippen LogP contribution is -2.47. The molecule has 2 saturated heterocycles. The van der Waals surface area contributed by atoms with E-state index in [1.165, 1.54) is 17.7 Å². The predicted octanol–water partition coefficient (Wildman–Crippen LogP) is 2.49. The molecule has 2 N–H and O–H groups in total. The molecule has 1 aromatic carbocycles. The lowest BCUT2D eigenvalue weighted by Gasteiger charge is -2.33. The van der Waals surface area contributed by atoms with Crippen LogP contribution in [-0.4, -0.2) is 66.8 Å². The molecule has 27 heavy (non-hydrogen) atoms. The molecular formula is C21H32FN3O2. The molecule has 2 aliphatic heterocycles. The molecule has 0 saturated carbocycles. The predicted molar refractivity (Wildman–Crippen MR) is 104 cm³/mol. The van der Waals surface area contributed by atoms with Crippen LogP contribution in [0.15, 0.2) is 24.3 Å². The molecule has 0 radical (unpaired) electrons. The summed E-state index contributed by atoms with van der Waals surface area (Å²) in [6.45, 7) is 5.33. The summed E-state index contributed by atoms with van der Waals surface area (Å²) in [4.78, 5) is 16.6. The zero-order chi connectivity index (χ0) is 19.1. The van der Waals surface area contributed by atoms with Gasteiger partial charge in [0.15, 0.2) is 0 Å². The number of carbonyl (C=O) groups excluding carboxylic acids is 1. The second-order valence-corrected chi connectivity index (χ2v) is 7.98. The van der Waals surface area contributed by atoms with Crippen molar-refractivity contribution in [3.63, 3.8) is 0 Å². The van der Waals surface area contributed by atoms with E-state index in [2.05, 4.69) is 10.2 Å². The Kier molecular flexibility index (Phi) is 7.47. The molecular weight excluding hydrogens is 345 g/mol. The van der Waals surface area contributed by atoms with Crippen molar-refractivity contribution in [3.8, 4) is 0 Å². The Balaban J connectivity index is 1.33. The molecule has 0 bridgehead atoms. The highest BCUT2D eigenvalue weighted by Crippen LogP contribution is 2.22. The van der Waals surface area contributed by atoms with Crippen molar-refractivity contribution < 1.29 is 14.3 Å². The van der Waals surface area contributed by atoms with Gasteiger partial charge in [0.25, 0.3) is 0 Å². The van der Waals surface area contributed by atoms with E-state index in [9.17, 15) is 14.3 Å². The van der Waals surface area contributed by atoms with Gasteiger partial charge in [0, 0.05) is 39.3 Å². The van der Waals surface area contributed by atoms with Gasteiger partial charge in [-0.25, -0.2) is 9.18 Å². The molecule has 1 atom stereocenters. The number of rotatable bonds is 6. The molecule has 5 nitrogen and oxygen atoms in total. The van der Waals surface area contributed by atoms with Crippen LogP contribution in [-0.2, 0) is 6.42 Å². The van der Waals surface area contributed by atoms with Crippen LogP contribution in [0, 0.1) is 17.7 Å². The molecule has 2 amide bonds. The smallest absolute Gasteiger partial charge is 0.317 e. The summed E-state index contributed by atoms with van der Waals surface area (Å²) in [5.74, 6) is 0.750. The van der Waals surface area contributed by atoms with Gasteiger partial charge in [0.2, 0.25) is 0 Å². The van der Waals surface area contributed by atoms with Gasteiger partial charge < -0.3 is 20.2 Å². The Morgan fingerprint density at radius 3 is 2.56 bits per heavy atom. The molecule has 0 aromatic heterocycles. The number of halogens is 1. The second-order valence-electron chi connectivity index (χ2n) is 7.98. The fourth-order valence-electron chi connectivity index (χ4n) is 4.23. The zero-order valence-corrected chi connectivity index (χ0v) is 16.1. The molecule has 1 unspecified atom stereocenters. The second kappa shape index (κ2) is 10.0. The highest BCUT2D eigenvalue weighted by molar-refractivity contribution is 5.74. The molecule has 150 valence electrons. The summed E-state index contributed by atoms with van der Waals surface area (Å²) in [6, 6.07) is 6.78. The summed E-state index contributed by atoms with van der Waals surface area (Å²) >= 11 is 0. The highest BCUT2D eigenvalue weighted by atomic mass is 19.1. The number of benzene rings is 1. The van der Waals surface area contributed by atoms with Crippen LogP contribution in [0.4, 0.5) is 9.18 Å². The molecule has 2 fully saturated rings. The van der Waals surface area contributed by atoms with Gasteiger partial charge in [-0.1, -0.05) is 12.1 Å². The number of hydrogen-bond acceptors (Lipinski definition) is 3. The zero-order valence-electron chi connectivity index (χ0n) is 16.1. The van der Waals surface area contributed by atoms with Crippen LogP contribution in [0.3, 0.4) is 0 Å². The van der Waals surface area contributed by atoms with Gasteiger partial charge in [-0.2, -0.15) is 0 Å². The van der Waals surface area contributed by atoms with Gasteiger partial charge in [0.05, 0.1) is 0 Å². The number of aliphatic hydroxyl groups is 1. The summed E-state index contributed by atoms with van der Waals surface area (Å²) in [7, 11) is 0. The molecule has 2 aliphatic rings. The maximum absolute atomic E-state index is 13.0. The first-order valence-corrected chi connectivity index (χ1v) is 10.2. The minimum absolute atomic E-state index is 0.0333. The maximum atomic E-state index is 13.0. The van der Waals surface area contributed by atoms with Crippen LogP contribution in [0.5, 0.6) is 0 Å². The Labute approximate surface area is 161 Å². The van der Waals surface area contributed by atoms with Crippen LogP contribution in [0.25, 0.3) is 0 Å². The fraction of sp³-hybridized carbons (Fsp3) is 0.667. The van der Waals surface area contributed by atoms with Gasteiger partial charge in [-0.15, -0.1) is 0 Å². The summed E-state index contributed by atoms with van der Waals surface area (Å²) in [5, 5.41) is 12.3. The number of nitrogens with one attached hydrogen (secondary N) is 1. The number of hydrogen-bond donors (Lipinski definition) is 2. The lowest BCUT2D eigenvalue weighted by molar-refractivity contribution is 0.120. The van der Waals surface area contributed by atoms with Crippen molar-refractivity contribution in [1.82, 2.24) is 15.1 Å². The number of likely N-dealkylation sites (tertiary alicyclic amines) is 2. The highest BCUT2D eigenvalue weighted by Gasteiger charge is 2.23. The first kappa shape index (κ1) is 20.1. The van der Waals surface area contributed by atoms with Crippen LogP contribution >= 0.6 is 0 Å². The van der Waals surface area contributed by atoms with E-state index < -0.39 is 0 Å². The third kappa shape index (κ3) is 6.18. The first-order valence-electron chi connectivity index (χ1n) is 10.2. The number of carbonyl (C=O) groups is 1. The van der Waals surface area contributed by atoms with Crippen molar-refractivity contribution in [3.05, 3.63) is 35.6 Å². The van der Waals surface area contributed by atoms with E-state index in [0.29, 0.717) is 18.4 Å². The molecule has 6 heteroatoms. The number of urea groups is 1. The first-order chi connectivity index (χ1) is 13.1. The third-order valence-corrected chi connectivity index (χ3v) is 5.90. The van der Waals surface area contributed by atoms with Crippen molar-refractivity contribution in [2.24, 2.45) is 11.8 Å². The molecule has 3 rings (SSSR count). The van der Waals surface area contributed by atoms with Crippen molar-refractivity contribution in [2.75, 3.05) is 45.9 Å². The van der Waals surface area contributed by atoms with E-state index in [-0.39, 0.29) is 18.5 Å². The average Bonchev–Trinajstić information content (AvgIpc) is 2.70. The fourth-order valence-corrected chi connectivity index (χ4v) is 4.23. The lowest BCUT2D eigenvalue weighted by atomic mass is 9.90. The van der Waals surface area contributed by atoms with Gasteiger partial charge in [-0.3, -0.25) is 0 Å². The number of amides is 2. The van der Waals surface area contributed by atoms with E-state index in [0.717, 1.165) is 64.8 Å². The molecule has 0 spiro atoms. The normalized spacial score (nSPS) is 22.0. The van der Waals surface area contributed by atoms with E-state index in [1.807, 2.05) is 17.0 Å². The summed E-state index contributed by atoms with van der Waals surface area (Å²) in [5.41, 5.74) is 1.17. The Morgan fingerprint density at radius 2 is 1.85 bits per heavy atom. The van der Waals surface area contributed by atoms with E-state index in [1.54, 1.807) is 0 Å². The Hall–Kier alpha value is -1.66. The standard InChI is InChI=1S/C21H32FN3O2/c22-20-5-3-17(4-6-20)14-18-7-11-25(12-8-18)21(27)23-9-13-24-10-1-2-19(15-24)16-26/h3-6,18-19,26H,1-2,7-16H2,(H,23,27). The average molecular weight is 378 g/mol. The van der Waals surface area contributed by atoms with Gasteiger partial charge in [-0.05, 0) is 68.2 Å². The number of nitrogens with zero attached hydrogens (tertiary/aromatic N) is 2. The minimum Gasteiger partial charge on any atom is -0.396 e. The summed E-state index contributed by atoms with van der Waals surface area (Å²) < 4.78 is 13.0.